The number of halogens is 2. The summed E-state index contributed by atoms with van der Waals surface area (Å²) in [4.78, 5) is 18.1. The molecule has 5 aromatic rings. The lowest BCUT2D eigenvalue weighted by Gasteiger charge is -2.17. The van der Waals surface area contributed by atoms with Gasteiger partial charge in [-0.1, -0.05) is 83.9 Å². The van der Waals surface area contributed by atoms with E-state index in [9.17, 15) is 4.79 Å². The summed E-state index contributed by atoms with van der Waals surface area (Å²) in [6, 6.07) is 25.3. The molecule has 0 spiro atoms. The molecule has 0 fully saturated rings. The molecule has 0 aliphatic heterocycles. The van der Waals surface area contributed by atoms with E-state index in [1.807, 2.05) is 66.0 Å². The summed E-state index contributed by atoms with van der Waals surface area (Å²) in [5, 5.41) is 10.4. The SMILES string of the molecule is O=C(CC(c1ccccc1)c1ccccc1)Nc1nc2scc(-c3cc(Cl)ccc3Cl)n2n1. The summed E-state index contributed by atoms with van der Waals surface area (Å²) in [6.07, 6.45) is 0.272. The minimum Gasteiger partial charge on any atom is -0.293 e. The van der Waals surface area contributed by atoms with Crippen LogP contribution in [0.1, 0.15) is 23.5 Å². The molecule has 3 aromatic carbocycles. The van der Waals surface area contributed by atoms with E-state index < -0.39 is 0 Å². The topological polar surface area (TPSA) is 59.3 Å². The van der Waals surface area contributed by atoms with Crippen molar-refractivity contribution in [2.45, 2.75) is 12.3 Å². The smallest absolute Gasteiger partial charge is 0.250 e. The Hall–Kier alpha value is -3.19. The molecule has 0 saturated heterocycles. The van der Waals surface area contributed by atoms with Crippen LogP contribution in [0.2, 0.25) is 10.0 Å². The molecule has 0 radical (unpaired) electrons. The van der Waals surface area contributed by atoms with Gasteiger partial charge in [-0.3, -0.25) is 10.1 Å². The molecule has 0 bridgehead atoms. The number of anilines is 1. The number of benzene rings is 3. The summed E-state index contributed by atoms with van der Waals surface area (Å²) in [7, 11) is 0. The van der Waals surface area contributed by atoms with Crippen LogP contribution in [0.5, 0.6) is 0 Å². The second-order valence-corrected chi connectivity index (χ2v) is 9.18. The van der Waals surface area contributed by atoms with E-state index >= 15 is 0 Å². The van der Waals surface area contributed by atoms with E-state index in [2.05, 4.69) is 15.4 Å². The minimum absolute atomic E-state index is 0.0723. The van der Waals surface area contributed by atoms with Crippen molar-refractivity contribution in [1.29, 1.82) is 0 Å². The van der Waals surface area contributed by atoms with Crippen LogP contribution < -0.4 is 5.32 Å². The first-order valence-corrected chi connectivity index (χ1v) is 11.9. The van der Waals surface area contributed by atoms with Gasteiger partial charge in [0.25, 0.3) is 0 Å². The van der Waals surface area contributed by atoms with Gasteiger partial charge in [-0.2, -0.15) is 4.98 Å². The number of hydrogen-bond donors (Lipinski definition) is 1. The molecule has 2 aromatic heterocycles. The van der Waals surface area contributed by atoms with Gasteiger partial charge in [0.15, 0.2) is 0 Å². The van der Waals surface area contributed by atoms with Crippen molar-refractivity contribution >= 4 is 51.4 Å². The molecule has 8 heteroatoms. The highest BCUT2D eigenvalue weighted by Gasteiger charge is 2.20. The number of carbonyl (C=O) groups is 1. The lowest BCUT2D eigenvalue weighted by molar-refractivity contribution is -0.116. The third kappa shape index (κ3) is 4.64. The van der Waals surface area contributed by atoms with E-state index in [1.165, 1.54) is 11.3 Å². The van der Waals surface area contributed by atoms with Crippen LogP contribution in [0, 0.1) is 0 Å². The molecule has 5 rings (SSSR count). The molecule has 0 saturated carbocycles. The third-order valence-electron chi connectivity index (χ3n) is 5.33. The summed E-state index contributed by atoms with van der Waals surface area (Å²) in [5.41, 5.74) is 3.68. The minimum atomic E-state index is -0.159. The quantitative estimate of drug-likeness (QED) is 0.279. The molecule has 0 aliphatic rings. The van der Waals surface area contributed by atoms with E-state index in [-0.39, 0.29) is 24.2 Å². The molecule has 1 amide bonds. The Kier molecular flexibility index (Phi) is 6.13. The Morgan fingerprint density at radius 1 is 0.970 bits per heavy atom. The molecule has 5 nitrogen and oxygen atoms in total. The van der Waals surface area contributed by atoms with Crippen molar-refractivity contribution in [3.05, 3.63) is 105 Å². The fraction of sp³-hybridized carbons (Fsp3) is 0.0800. The lowest BCUT2D eigenvalue weighted by atomic mass is 9.88. The molecule has 0 atom stereocenters. The van der Waals surface area contributed by atoms with Crippen LogP contribution in [0.4, 0.5) is 5.95 Å². The predicted molar refractivity (Wildman–Crippen MR) is 134 cm³/mol. The molecular formula is C25H18Cl2N4OS. The molecule has 0 aliphatic carbocycles. The van der Waals surface area contributed by atoms with Crippen molar-refractivity contribution in [2.24, 2.45) is 0 Å². The Labute approximate surface area is 204 Å². The first-order valence-electron chi connectivity index (χ1n) is 10.3. The van der Waals surface area contributed by atoms with Crippen LogP contribution in [0.15, 0.2) is 84.2 Å². The van der Waals surface area contributed by atoms with E-state index in [0.29, 0.717) is 15.0 Å². The molecule has 0 unspecified atom stereocenters. The van der Waals surface area contributed by atoms with Gasteiger partial charge in [-0.25, -0.2) is 4.52 Å². The Balaban J connectivity index is 1.40. The lowest BCUT2D eigenvalue weighted by Crippen LogP contribution is -2.17. The number of hydrogen-bond acceptors (Lipinski definition) is 4. The summed E-state index contributed by atoms with van der Waals surface area (Å²) < 4.78 is 1.67. The van der Waals surface area contributed by atoms with E-state index in [4.69, 9.17) is 23.2 Å². The summed E-state index contributed by atoms with van der Waals surface area (Å²) >= 11 is 13.9. The number of nitrogens with one attached hydrogen (secondary N) is 1. The highest BCUT2D eigenvalue weighted by molar-refractivity contribution is 7.15. The van der Waals surface area contributed by atoms with Gasteiger partial charge in [-0.05, 0) is 29.3 Å². The number of amides is 1. The number of fused-ring (bicyclic) bond motifs is 1. The van der Waals surface area contributed by atoms with Gasteiger partial charge in [0.2, 0.25) is 16.8 Å². The second-order valence-electron chi connectivity index (χ2n) is 7.50. The zero-order valence-corrected chi connectivity index (χ0v) is 19.6. The molecule has 33 heavy (non-hydrogen) atoms. The Bertz CT molecular complexity index is 1380. The maximum atomic E-state index is 13.0. The maximum absolute atomic E-state index is 13.0. The maximum Gasteiger partial charge on any atom is 0.250 e. The molecular weight excluding hydrogens is 475 g/mol. The zero-order chi connectivity index (χ0) is 22.8. The second kappa shape index (κ2) is 9.35. The van der Waals surface area contributed by atoms with Gasteiger partial charge >= 0.3 is 0 Å². The number of carbonyl (C=O) groups excluding carboxylic acids is 1. The van der Waals surface area contributed by atoms with Crippen LogP contribution in [-0.4, -0.2) is 20.5 Å². The first-order chi connectivity index (χ1) is 16.1. The Morgan fingerprint density at radius 3 is 2.30 bits per heavy atom. The van der Waals surface area contributed by atoms with Gasteiger partial charge in [-0.15, -0.1) is 16.4 Å². The average Bonchev–Trinajstić information content (AvgIpc) is 3.40. The van der Waals surface area contributed by atoms with Gasteiger partial charge in [0.1, 0.15) is 0 Å². The number of aromatic nitrogens is 3. The monoisotopic (exact) mass is 492 g/mol. The van der Waals surface area contributed by atoms with Crippen molar-refractivity contribution in [3.63, 3.8) is 0 Å². The van der Waals surface area contributed by atoms with Crippen LogP contribution in [0.25, 0.3) is 16.2 Å². The normalized spacial score (nSPS) is 11.2. The van der Waals surface area contributed by atoms with E-state index in [1.54, 1.807) is 22.7 Å². The fourth-order valence-electron chi connectivity index (χ4n) is 3.77. The van der Waals surface area contributed by atoms with Crippen molar-refractivity contribution < 1.29 is 4.79 Å². The van der Waals surface area contributed by atoms with Gasteiger partial charge < -0.3 is 0 Å². The van der Waals surface area contributed by atoms with Crippen molar-refractivity contribution in [1.82, 2.24) is 14.6 Å². The van der Waals surface area contributed by atoms with E-state index in [0.717, 1.165) is 22.4 Å². The Morgan fingerprint density at radius 2 is 1.64 bits per heavy atom. The summed E-state index contributed by atoms with van der Waals surface area (Å²) in [5.74, 6) is 0.0244. The van der Waals surface area contributed by atoms with Gasteiger partial charge in [0.05, 0.1) is 10.7 Å². The standard InChI is InChI=1S/C25H18Cl2N4OS/c26-18-11-12-21(27)20(13-18)22-15-33-25-29-24(30-31(22)25)28-23(32)14-19(16-7-3-1-4-8-16)17-9-5-2-6-10-17/h1-13,15,19H,14H2,(H,28,30,32). The fourth-order valence-corrected chi connectivity index (χ4v) is 4.98. The average molecular weight is 493 g/mol. The van der Waals surface area contributed by atoms with Crippen molar-refractivity contribution in [2.75, 3.05) is 5.32 Å². The van der Waals surface area contributed by atoms with Crippen LogP contribution in [-0.2, 0) is 4.79 Å². The number of rotatable bonds is 6. The van der Waals surface area contributed by atoms with Crippen LogP contribution >= 0.6 is 34.5 Å². The highest BCUT2D eigenvalue weighted by Crippen LogP contribution is 2.33. The molecule has 2 heterocycles. The molecule has 164 valence electrons. The summed E-state index contributed by atoms with van der Waals surface area (Å²) in [6.45, 7) is 0. The zero-order valence-electron chi connectivity index (χ0n) is 17.3. The first kappa shape index (κ1) is 21.6. The molecule has 1 N–H and O–H groups in total. The largest absolute Gasteiger partial charge is 0.293 e. The number of nitrogens with zero attached hydrogens (tertiary/aromatic N) is 3. The third-order valence-corrected chi connectivity index (χ3v) is 6.71. The highest BCUT2D eigenvalue weighted by atomic mass is 35.5. The number of thiazole rings is 1. The van der Waals surface area contributed by atoms with Gasteiger partial charge in [0, 0.05) is 28.3 Å². The van der Waals surface area contributed by atoms with Crippen molar-refractivity contribution in [3.8, 4) is 11.3 Å². The van der Waals surface area contributed by atoms with Crippen LogP contribution in [0.3, 0.4) is 0 Å². The predicted octanol–water partition coefficient (Wildman–Crippen LogP) is 6.93.